The molecule has 29 heavy (non-hydrogen) atoms. The van der Waals surface area contributed by atoms with Gasteiger partial charge in [-0.2, -0.15) is 0 Å². The lowest BCUT2D eigenvalue weighted by molar-refractivity contribution is -0.122. The minimum Gasteiger partial charge on any atom is -0.493 e. The van der Waals surface area contributed by atoms with E-state index in [1.165, 1.54) is 31.0 Å². The molecule has 1 amide bonds. The Morgan fingerprint density at radius 1 is 1.28 bits per heavy atom. The van der Waals surface area contributed by atoms with Crippen molar-refractivity contribution in [2.24, 2.45) is 0 Å². The van der Waals surface area contributed by atoms with Gasteiger partial charge in [0.1, 0.15) is 16.7 Å². The number of benzene rings is 2. The maximum atomic E-state index is 14.0. The molecule has 0 saturated carbocycles. The molecule has 0 N–H and O–H groups in total. The van der Waals surface area contributed by atoms with E-state index in [0.717, 1.165) is 12.0 Å². The lowest BCUT2D eigenvalue weighted by atomic mass is 10.1. The Morgan fingerprint density at radius 2 is 2.07 bits per heavy atom. The van der Waals surface area contributed by atoms with Gasteiger partial charge in [-0.05, 0) is 42.3 Å². The number of hydrogen-bond acceptors (Lipinski definition) is 5. The highest BCUT2D eigenvalue weighted by molar-refractivity contribution is 8.26. The van der Waals surface area contributed by atoms with E-state index in [-0.39, 0.29) is 18.1 Å². The number of thiocarbonyl (C=S) groups is 1. The number of amides is 1. The van der Waals surface area contributed by atoms with Crippen molar-refractivity contribution in [3.8, 4) is 11.5 Å². The van der Waals surface area contributed by atoms with Gasteiger partial charge in [0.05, 0.1) is 17.0 Å². The van der Waals surface area contributed by atoms with Gasteiger partial charge in [-0.3, -0.25) is 9.69 Å². The summed E-state index contributed by atoms with van der Waals surface area (Å²) < 4.78 is 25.7. The Bertz CT molecular complexity index is 960. The zero-order valence-corrected chi connectivity index (χ0v) is 18.3. The molecule has 152 valence electrons. The van der Waals surface area contributed by atoms with Crippen LogP contribution in [0.15, 0.2) is 41.3 Å². The van der Waals surface area contributed by atoms with Gasteiger partial charge in [0, 0.05) is 12.1 Å². The highest BCUT2D eigenvalue weighted by atomic mass is 35.5. The van der Waals surface area contributed by atoms with Crippen molar-refractivity contribution in [1.29, 1.82) is 0 Å². The summed E-state index contributed by atoms with van der Waals surface area (Å²) in [4.78, 5) is 14.7. The molecule has 1 fully saturated rings. The monoisotopic (exact) mass is 451 g/mol. The summed E-state index contributed by atoms with van der Waals surface area (Å²) in [7, 11) is 1.52. The number of nitrogens with zero attached hydrogens (tertiary/aromatic N) is 1. The van der Waals surface area contributed by atoms with Crippen LogP contribution in [0.25, 0.3) is 6.08 Å². The average Bonchev–Trinajstić information content (AvgIpc) is 2.95. The van der Waals surface area contributed by atoms with Crippen LogP contribution in [-0.2, 0) is 11.4 Å². The first-order valence-corrected chi connectivity index (χ1v) is 10.5. The highest BCUT2D eigenvalue weighted by Gasteiger charge is 2.31. The predicted molar refractivity (Wildman–Crippen MR) is 119 cm³/mol. The Kier molecular flexibility index (Phi) is 7.16. The maximum Gasteiger partial charge on any atom is 0.266 e. The van der Waals surface area contributed by atoms with Crippen molar-refractivity contribution >= 4 is 51.9 Å². The summed E-state index contributed by atoms with van der Waals surface area (Å²) >= 11 is 12.6. The van der Waals surface area contributed by atoms with Crippen LogP contribution in [0.1, 0.15) is 24.5 Å². The zero-order valence-electron chi connectivity index (χ0n) is 15.9. The van der Waals surface area contributed by atoms with Gasteiger partial charge in [0.25, 0.3) is 5.91 Å². The second-order valence-electron chi connectivity index (χ2n) is 6.23. The van der Waals surface area contributed by atoms with Crippen LogP contribution in [0.3, 0.4) is 0 Å². The van der Waals surface area contributed by atoms with Crippen molar-refractivity contribution in [1.82, 2.24) is 4.90 Å². The number of ether oxygens (including phenoxy) is 2. The quantitative estimate of drug-likeness (QED) is 0.400. The maximum absolute atomic E-state index is 14.0. The predicted octanol–water partition coefficient (Wildman–Crippen LogP) is 5.68. The van der Waals surface area contributed by atoms with Crippen LogP contribution in [0, 0.1) is 5.82 Å². The molecule has 1 saturated heterocycles. The average molecular weight is 452 g/mol. The summed E-state index contributed by atoms with van der Waals surface area (Å²) in [5.74, 6) is 0.378. The van der Waals surface area contributed by atoms with E-state index < -0.39 is 5.82 Å². The number of methoxy groups -OCH3 is 1. The first-order chi connectivity index (χ1) is 13.9. The number of rotatable bonds is 7. The molecule has 1 heterocycles. The van der Waals surface area contributed by atoms with Crippen LogP contribution in [0.2, 0.25) is 5.02 Å². The Labute approximate surface area is 183 Å². The Hall–Kier alpha value is -2.09. The normalized spacial score (nSPS) is 15.3. The summed E-state index contributed by atoms with van der Waals surface area (Å²) in [5.41, 5.74) is 1.01. The Morgan fingerprint density at radius 3 is 2.76 bits per heavy atom. The van der Waals surface area contributed by atoms with Crippen molar-refractivity contribution in [3.05, 3.63) is 63.3 Å². The SMILES string of the molecule is CCCN1C(=O)/C(=C\c2ccc(OC)c(OCc3c(F)cccc3Cl)c2)SC1=S. The van der Waals surface area contributed by atoms with E-state index in [1.54, 1.807) is 29.2 Å². The van der Waals surface area contributed by atoms with E-state index in [0.29, 0.717) is 32.3 Å². The second-order valence-corrected chi connectivity index (χ2v) is 8.32. The number of carbonyl (C=O) groups excluding carboxylic acids is 1. The number of carbonyl (C=O) groups is 1. The smallest absolute Gasteiger partial charge is 0.266 e. The molecule has 2 aromatic rings. The Balaban J connectivity index is 1.84. The van der Waals surface area contributed by atoms with Gasteiger partial charge in [0.15, 0.2) is 11.5 Å². The number of hydrogen-bond donors (Lipinski definition) is 0. The van der Waals surface area contributed by atoms with E-state index >= 15 is 0 Å². The highest BCUT2D eigenvalue weighted by Crippen LogP contribution is 2.35. The van der Waals surface area contributed by atoms with Gasteiger partial charge in [-0.25, -0.2) is 4.39 Å². The number of thioether (sulfide) groups is 1. The van der Waals surface area contributed by atoms with Crippen LogP contribution >= 0.6 is 35.6 Å². The molecule has 1 aliphatic heterocycles. The fourth-order valence-electron chi connectivity index (χ4n) is 2.78. The van der Waals surface area contributed by atoms with Crippen molar-refractivity contribution < 1.29 is 18.7 Å². The van der Waals surface area contributed by atoms with Crippen molar-refractivity contribution in [2.75, 3.05) is 13.7 Å². The molecule has 2 aromatic carbocycles. The molecular formula is C21H19ClFNO3S2. The van der Waals surface area contributed by atoms with Gasteiger partial charge < -0.3 is 9.47 Å². The standard InChI is InChI=1S/C21H19ClFNO3S2/c1-3-9-24-20(25)19(29-21(24)28)11-13-7-8-17(26-2)18(10-13)27-12-14-15(22)5-4-6-16(14)23/h4-8,10-11H,3,9,12H2,1-2H3/b19-11+. The van der Waals surface area contributed by atoms with Crippen LogP contribution in [0.5, 0.6) is 11.5 Å². The molecule has 4 nitrogen and oxygen atoms in total. The third-order valence-corrected chi connectivity index (χ3v) is 5.97. The fraction of sp³-hybridized carbons (Fsp3) is 0.238. The van der Waals surface area contributed by atoms with Gasteiger partial charge in [-0.1, -0.05) is 54.6 Å². The third-order valence-electron chi connectivity index (χ3n) is 4.24. The molecule has 0 unspecified atom stereocenters. The molecule has 3 rings (SSSR count). The molecule has 0 spiro atoms. The third kappa shape index (κ3) is 4.91. The van der Waals surface area contributed by atoms with E-state index in [4.69, 9.17) is 33.3 Å². The molecule has 0 atom stereocenters. The van der Waals surface area contributed by atoms with Crippen LogP contribution < -0.4 is 9.47 Å². The summed E-state index contributed by atoms with van der Waals surface area (Å²) in [5, 5.41) is 0.291. The molecular weight excluding hydrogens is 433 g/mol. The van der Waals surface area contributed by atoms with Crippen LogP contribution in [0.4, 0.5) is 4.39 Å². The first-order valence-electron chi connectivity index (χ1n) is 8.93. The van der Waals surface area contributed by atoms with E-state index in [2.05, 4.69) is 0 Å². The largest absolute Gasteiger partial charge is 0.493 e. The molecule has 0 aliphatic carbocycles. The zero-order chi connectivity index (χ0) is 21.0. The van der Waals surface area contributed by atoms with Crippen molar-refractivity contribution in [3.63, 3.8) is 0 Å². The topological polar surface area (TPSA) is 38.8 Å². The van der Waals surface area contributed by atoms with Crippen molar-refractivity contribution in [2.45, 2.75) is 20.0 Å². The van der Waals surface area contributed by atoms with Gasteiger partial charge in [0.2, 0.25) is 0 Å². The minimum absolute atomic E-state index is 0.0517. The lowest BCUT2D eigenvalue weighted by Gasteiger charge is -2.13. The minimum atomic E-state index is -0.438. The molecule has 8 heteroatoms. The summed E-state index contributed by atoms with van der Waals surface area (Å²) in [6, 6.07) is 9.76. The van der Waals surface area contributed by atoms with E-state index in [1.807, 2.05) is 13.0 Å². The van der Waals surface area contributed by atoms with E-state index in [9.17, 15) is 9.18 Å². The summed E-state index contributed by atoms with van der Waals surface area (Å²) in [6.45, 7) is 2.55. The summed E-state index contributed by atoms with van der Waals surface area (Å²) in [6.07, 6.45) is 2.59. The molecule has 0 aromatic heterocycles. The van der Waals surface area contributed by atoms with Crippen LogP contribution in [-0.4, -0.2) is 28.8 Å². The molecule has 1 aliphatic rings. The molecule has 0 radical (unpaired) electrons. The molecule has 0 bridgehead atoms. The van der Waals surface area contributed by atoms with Gasteiger partial charge in [-0.15, -0.1) is 0 Å². The fourth-order valence-corrected chi connectivity index (χ4v) is 4.31. The lowest BCUT2D eigenvalue weighted by Crippen LogP contribution is -2.28. The van der Waals surface area contributed by atoms with Gasteiger partial charge >= 0.3 is 0 Å². The second kappa shape index (κ2) is 9.61. The first kappa shape index (κ1) is 21.6. The number of halogens is 2.